The van der Waals surface area contributed by atoms with Crippen LogP contribution in [-0.2, 0) is 6.54 Å². The first-order valence-corrected chi connectivity index (χ1v) is 8.08. The van der Waals surface area contributed by atoms with Crippen molar-refractivity contribution >= 4 is 5.69 Å². The third kappa shape index (κ3) is 3.06. The Morgan fingerprint density at radius 2 is 1.38 bits per heavy atom. The van der Waals surface area contributed by atoms with E-state index >= 15 is 0 Å². The minimum absolute atomic E-state index is 0.00612. The summed E-state index contributed by atoms with van der Waals surface area (Å²) < 4.78 is 2.08. The zero-order valence-electron chi connectivity index (χ0n) is 13.3. The molecule has 0 spiro atoms. The molecule has 0 saturated heterocycles. The Morgan fingerprint density at radius 3 is 2.04 bits per heavy atom. The van der Waals surface area contributed by atoms with Crippen LogP contribution in [0.15, 0.2) is 96.2 Å². The van der Waals surface area contributed by atoms with Gasteiger partial charge < -0.3 is 0 Å². The molecule has 0 saturated carbocycles. The average molecular weight is 312 g/mol. The quantitative estimate of drug-likeness (QED) is 0.629. The van der Waals surface area contributed by atoms with Crippen molar-refractivity contribution in [2.75, 3.05) is 5.01 Å². The van der Waals surface area contributed by atoms with E-state index in [4.69, 9.17) is 5.22 Å². The normalized spacial score (nSPS) is 16.9. The number of rotatable bonds is 4. The van der Waals surface area contributed by atoms with E-state index in [0.29, 0.717) is 0 Å². The summed E-state index contributed by atoms with van der Waals surface area (Å²) in [6, 6.07) is 31.0. The molecule has 0 amide bonds. The van der Waals surface area contributed by atoms with Gasteiger partial charge in [-0.25, -0.2) is 0 Å². The van der Waals surface area contributed by atoms with Crippen molar-refractivity contribution < 1.29 is 4.70 Å². The van der Waals surface area contributed by atoms with Crippen LogP contribution in [0, 0.1) is 6.54 Å². The molecule has 1 unspecified atom stereocenters. The fourth-order valence-electron chi connectivity index (χ4n) is 2.85. The molecule has 1 aliphatic heterocycles. The summed E-state index contributed by atoms with van der Waals surface area (Å²) in [5.41, 5.74) is 3.45. The molecular weight excluding hydrogens is 294 g/mol. The first-order valence-electron chi connectivity index (χ1n) is 8.08. The Kier molecular flexibility index (Phi) is 4.07. The molecule has 24 heavy (non-hydrogen) atoms. The molecule has 0 bridgehead atoms. The molecule has 2 radical (unpaired) electrons. The minimum atomic E-state index is 0.00612. The van der Waals surface area contributed by atoms with Gasteiger partial charge in [-0.1, -0.05) is 78.9 Å². The molecular formula is C21H18N3+. The molecule has 0 N–H and O–H groups in total. The van der Waals surface area contributed by atoms with E-state index < -0.39 is 0 Å². The van der Waals surface area contributed by atoms with Gasteiger partial charge in [-0.3, -0.25) is 0 Å². The summed E-state index contributed by atoms with van der Waals surface area (Å²) in [4.78, 5) is 0. The van der Waals surface area contributed by atoms with E-state index in [1.165, 1.54) is 11.1 Å². The van der Waals surface area contributed by atoms with Crippen molar-refractivity contribution in [2.45, 2.75) is 12.6 Å². The van der Waals surface area contributed by atoms with Gasteiger partial charge in [0.1, 0.15) is 6.54 Å². The smallest absolute Gasteiger partial charge is 0.151 e. The highest BCUT2D eigenvalue weighted by atomic mass is 15.6. The van der Waals surface area contributed by atoms with Gasteiger partial charge in [0.05, 0.1) is 5.22 Å². The fourth-order valence-corrected chi connectivity index (χ4v) is 2.85. The van der Waals surface area contributed by atoms with Crippen LogP contribution in [0.25, 0.3) is 0 Å². The van der Waals surface area contributed by atoms with Crippen molar-refractivity contribution in [3.63, 3.8) is 0 Å². The van der Waals surface area contributed by atoms with E-state index in [0.717, 1.165) is 12.2 Å². The molecule has 3 nitrogen and oxygen atoms in total. The van der Waals surface area contributed by atoms with Gasteiger partial charge in [0, 0.05) is 5.56 Å². The average Bonchev–Trinajstić information content (AvgIpc) is 3.08. The molecule has 0 aliphatic carbocycles. The zero-order chi connectivity index (χ0) is 16.2. The second-order valence-corrected chi connectivity index (χ2v) is 5.76. The van der Waals surface area contributed by atoms with E-state index in [1.807, 2.05) is 47.5 Å². The Balaban J connectivity index is 1.67. The molecule has 116 valence electrons. The molecule has 3 aromatic carbocycles. The van der Waals surface area contributed by atoms with Crippen molar-refractivity contribution in [1.29, 1.82) is 0 Å². The van der Waals surface area contributed by atoms with Crippen molar-refractivity contribution in [3.05, 3.63) is 109 Å². The minimum Gasteiger partial charge on any atom is -0.151 e. The SMILES string of the molecule is [C]1C(c2ccccc2)[N+](Cc2ccccc2)=NN1c1ccccc1. The van der Waals surface area contributed by atoms with Crippen LogP contribution in [0.2, 0.25) is 0 Å². The molecule has 3 heteroatoms. The van der Waals surface area contributed by atoms with Crippen LogP contribution >= 0.6 is 0 Å². The molecule has 1 atom stereocenters. The first-order chi connectivity index (χ1) is 11.9. The summed E-state index contributed by atoms with van der Waals surface area (Å²) in [6.45, 7) is 4.23. The lowest BCUT2D eigenvalue weighted by Gasteiger charge is -2.08. The Bertz CT molecular complexity index is 813. The molecule has 4 rings (SSSR count). The van der Waals surface area contributed by atoms with Crippen molar-refractivity contribution in [2.24, 2.45) is 5.22 Å². The van der Waals surface area contributed by atoms with E-state index in [2.05, 4.69) is 59.8 Å². The second-order valence-electron chi connectivity index (χ2n) is 5.76. The summed E-state index contributed by atoms with van der Waals surface area (Å²) >= 11 is 0. The highest BCUT2D eigenvalue weighted by Crippen LogP contribution is 2.32. The van der Waals surface area contributed by atoms with E-state index in [-0.39, 0.29) is 6.04 Å². The largest absolute Gasteiger partial charge is 0.288 e. The van der Waals surface area contributed by atoms with Gasteiger partial charge in [-0.15, -0.1) is 5.01 Å². The molecule has 0 aromatic heterocycles. The van der Waals surface area contributed by atoms with Gasteiger partial charge in [0.15, 0.2) is 11.7 Å². The van der Waals surface area contributed by atoms with Crippen molar-refractivity contribution in [3.8, 4) is 0 Å². The predicted octanol–water partition coefficient (Wildman–Crippen LogP) is 4.87. The maximum absolute atomic E-state index is 4.77. The second kappa shape index (κ2) is 6.67. The number of hydrogen-bond donors (Lipinski definition) is 0. The van der Waals surface area contributed by atoms with E-state index in [1.54, 1.807) is 0 Å². The molecule has 1 aliphatic rings. The first kappa shape index (κ1) is 14.6. The summed E-state index contributed by atoms with van der Waals surface area (Å²) in [5, 5.41) is 6.61. The maximum atomic E-state index is 4.77. The van der Waals surface area contributed by atoms with Gasteiger partial charge in [-0.2, -0.15) is 4.70 Å². The van der Waals surface area contributed by atoms with Crippen LogP contribution in [-0.4, -0.2) is 4.70 Å². The Labute approximate surface area is 142 Å². The van der Waals surface area contributed by atoms with Crippen LogP contribution in [0.4, 0.5) is 5.69 Å². The lowest BCUT2D eigenvalue weighted by Crippen LogP contribution is -2.14. The highest BCUT2D eigenvalue weighted by molar-refractivity contribution is 5.47. The Hall–Kier alpha value is -2.94. The monoisotopic (exact) mass is 312 g/mol. The molecule has 1 heterocycles. The van der Waals surface area contributed by atoms with Gasteiger partial charge >= 0.3 is 0 Å². The standard InChI is InChI=1S/C21H18N3/c1-4-10-18(11-5-1)16-24-21(19-12-6-2-7-13-19)17-23(22-24)20-14-8-3-9-15-20/h1-15,21H,16H2/q+1. The topological polar surface area (TPSA) is 18.6 Å². The van der Waals surface area contributed by atoms with Gasteiger partial charge in [-0.05, 0) is 17.7 Å². The molecule has 3 aromatic rings. The fraction of sp³-hybridized carbons (Fsp3) is 0.0952. The van der Waals surface area contributed by atoms with Gasteiger partial charge in [0.25, 0.3) is 6.54 Å². The molecule has 0 fully saturated rings. The third-order valence-corrected chi connectivity index (χ3v) is 4.05. The summed E-state index contributed by atoms with van der Waals surface area (Å²) in [7, 11) is 0. The van der Waals surface area contributed by atoms with Crippen LogP contribution < -0.4 is 5.01 Å². The maximum Gasteiger partial charge on any atom is 0.288 e. The number of benzene rings is 3. The van der Waals surface area contributed by atoms with E-state index in [9.17, 15) is 0 Å². The summed E-state index contributed by atoms with van der Waals surface area (Å²) in [5.74, 6) is 0. The van der Waals surface area contributed by atoms with Crippen LogP contribution in [0.3, 0.4) is 0 Å². The zero-order valence-corrected chi connectivity index (χ0v) is 13.3. The number of para-hydroxylation sites is 1. The van der Waals surface area contributed by atoms with Gasteiger partial charge in [0.2, 0.25) is 0 Å². The van der Waals surface area contributed by atoms with Crippen LogP contribution in [0.1, 0.15) is 17.2 Å². The van der Waals surface area contributed by atoms with Crippen molar-refractivity contribution in [1.82, 2.24) is 0 Å². The lowest BCUT2D eigenvalue weighted by molar-refractivity contribution is -0.631. The Morgan fingerprint density at radius 1 is 0.792 bits per heavy atom. The third-order valence-electron chi connectivity index (χ3n) is 4.05. The van der Waals surface area contributed by atoms with Crippen LogP contribution in [0.5, 0.6) is 0 Å². The number of nitrogens with zero attached hydrogens (tertiary/aromatic N) is 3. The lowest BCUT2D eigenvalue weighted by atomic mass is 10.1. The number of hydrogen-bond acceptors (Lipinski definition) is 2. The highest BCUT2D eigenvalue weighted by Gasteiger charge is 2.38. The number of anilines is 1. The predicted molar refractivity (Wildman–Crippen MR) is 94.2 cm³/mol. The summed E-state index contributed by atoms with van der Waals surface area (Å²) in [6.07, 6.45) is 0.